The molecule has 0 atom stereocenters. The third-order valence-electron chi connectivity index (χ3n) is 1.78. The molecule has 0 aliphatic heterocycles. The monoisotopic (exact) mass is 329 g/mol. The van der Waals surface area contributed by atoms with Crippen LogP contribution in [0.3, 0.4) is 0 Å². The van der Waals surface area contributed by atoms with Gasteiger partial charge in [0.15, 0.2) is 5.78 Å². The highest BCUT2D eigenvalue weighted by molar-refractivity contribution is 14.1. The SMILES string of the molecule is CC(=O)c1cc(N)cc(I)c1C(F)(F)F. The van der Waals surface area contributed by atoms with Crippen LogP contribution in [0.2, 0.25) is 0 Å². The van der Waals surface area contributed by atoms with Crippen molar-refractivity contribution >= 4 is 34.1 Å². The van der Waals surface area contributed by atoms with E-state index in [9.17, 15) is 18.0 Å². The van der Waals surface area contributed by atoms with E-state index in [1.807, 2.05) is 0 Å². The fourth-order valence-electron chi connectivity index (χ4n) is 1.19. The van der Waals surface area contributed by atoms with Crippen molar-refractivity contribution in [3.63, 3.8) is 0 Å². The lowest BCUT2D eigenvalue weighted by molar-refractivity contribution is -0.138. The molecule has 2 nitrogen and oxygen atoms in total. The number of nitrogen functional groups attached to an aromatic ring is 1. The zero-order valence-electron chi connectivity index (χ0n) is 7.65. The fraction of sp³-hybridized carbons (Fsp3) is 0.222. The number of anilines is 1. The Hall–Kier alpha value is -0.790. The van der Waals surface area contributed by atoms with E-state index < -0.39 is 17.5 Å². The van der Waals surface area contributed by atoms with Gasteiger partial charge in [0.25, 0.3) is 0 Å². The Balaban J connectivity index is 3.55. The van der Waals surface area contributed by atoms with Gasteiger partial charge in [-0.15, -0.1) is 0 Å². The van der Waals surface area contributed by atoms with Crippen molar-refractivity contribution in [3.05, 3.63) is 26.8 Å². The van der Waals surface area contributed by atoms with E-state index in [0.717, 1.165) is 13.0 Å². The van der Waals surface area contributed by atoms with Gasteiger partial charge in [0, 0.05) is 14.8 Å². The summed E-state index contributed by atoms with van der Waals surface area (Å²) in [7, 11) is 0. The summed E-state index contributed by atoms with van der Waals surface area (Å²) in [6, 6.07) is 2.24. The molecule has 0 aliphatic rings. The topological polar surface area (TPSA) is 43.1 Å². The van der Waals surface area contributed by atoms with Gasteiger partial charge in [-0.2, -0.15) is 13.2 Å². The summed E-state index contributed by atoms with van der Waals surface area (Å²) in [6.45, 7) is 1.08. The number of halogens is 4. The molecule has 0 aromatic heterocycles. The Kier molecular flexibility index (Phi) is 3.27. The van der Waals surface area contributed by atoms with E-state index in [1.54, 1.807) is 0 Å². The van der Waals surface area contributed by atoms with E-state index >= 15 is 0 Å². The molecule has 1 aromatic carbocycles. The van der Waals surface area contributed by atoms with E-state index in [-0.39, 0.29) is 14.8 Å². The zero-order chi connectivity index (χ0) is 11.8. The number of rotatable bonds is 1. The molecule has 2 N–H and O–H groups in total. The maximum atomic E-state index is 12.6. The normalized spacial score (nSPS) is 11.5. The summed E-state index contributed by atoms with van der Waals surface area (Å²) in [4.78, 5) is 11.1. The van der Waals surface area contributed by atoms with Crippen LogP contribution in [0.4, 0.5) is 18.9 Å². The molecule has 0 saturated carbocycles. The van der Waals surface area contributed by atoms with Crippen molar-refractivity contribution in [2.75, 3.05) is 5.73 Å². The highest BCUT2D eigenvalue weighted by Crippen LogP contribution is 2.36. The summed E-state index contributed by atoms with van der Waals surface area (Å²) in [5, 5.41) is 0. The van der Waals surface area contributed by atoms with Crippen LogP contribution in [-0.2, 0) is 6.18 Å². The number of nitrogens with two attached hydrogens (primary N) is 1. The van der Waals surface area contributed by atoms with Gasteiger partial charge >= 0.3 is 6.18 Å². The first-order chi connectivity index (χ1) is 6.73. The van der Waals surface area contributed by atoms with Gasteiger partial charge in [-0.05, 0) is 41.6 Å². The van der Waals surface area contributed by atoms with Gasteiger partial charge in [0.1, 0.15) is 0 Å². The molecule has 1 aromatic rings. The van der Waals surface area contributed by atoms with Crippen LogP contribution >= 0.6 is 22.6 Å². The molecule has 0 radical (unpaired) electrons. The Labute approximate surface area is 97.8 Å². The molecule has 0 heterocycles. The fourth-order valence-corrected chi connectivity index (χ4v) is 2.15. The maximum absolute atomic E-state index is 12.6. The van der Waals surface area contributed by atoms with Crippen LogP contribution in [0, 0.1) is 3.57 Å². The third kappa shape index (κ3) is 2.61. The molecule has 82 valence electrons. The molecule has 0 fully saturated rings. The van der Waals surface area contributed by atoms with Crippen LogP contribution in [0.5, 0.6) is 0 Å². The minimum atomic E-state index is -4.54. The summed E-state index contributed by atoms with van der Waals surface area (Å²) in [6.07, 6.45) is -4.54. The van der Waals surface area contributed by atoms with E-state index in [4.69, 9.17) is 5.73 Å². The van der Waals surface area contributed by atoms with Crippen molar-refractivity contribution in [3.8, 4) is 0 Å². The number of ketones is 1. The number of hydrogen-bond acceptors (Lipinski definition) is 2. The highest BCUT2D eigenvalue weighted by atomic mass is 127. The molecule has 1 rings (SSSR count). The van der Waals surface area contributed by atoms with E-state index in [1.165, 1.54) is 28.7 Å². The van der Waals surface area contributed by atoms with Crippen LogP contribution in [-0.4, -0.2) is 5.78 Å². The van der Waals surface area contributed by atoms with Crippen molar-refractivity contribution in [2.45, 2.75) is 13.1 Å². The Morgan fingerprint density at radius 2 is 1.93 bits per heavy atom. The third-order valence-corrected chi connectivity index (χ3v) is 2.63. The number of carbonyl (C=O) groups is 1. The van der Waals surface area contributed by atoms with Crippen LogP contribution in [0.25, 0.3) is 0 Å². The van der Waals surface area contributed by atoms with E-state index in [0.29, 0.717) is 0 Å². The second kappa shape index (κ2) is 3.99. The standard InChI is InChI=1S/C9H7F3INO/c1-4(15)6-2-5(14)3-7(13)8(6)9(10,11)12/h2-3H,14H2,1H3. The van der Waals surface area contributed by atoms with Gasteiger partial charge in [0.05, 0.1) is 5.56 Å². The highest BCUT2D eigenvalue weighted by Gasteiger charge is 2.36. The van der Waals surface area contributed by atoms with Gasteiger partial charge in [-0.3, -0.25) is 4.79 Å². The lowest BCUT2D eigenvalue weighted by Gasteiger charge is -2.13. The van der Waals surface area contributed by atoms with Crippen molar-refractivity contribution in [1.82, 2.24) is 0 Å². The van der Waals surface area contributed by atoms with Crippen LogP contribution in [0.1, 0.15) is 22.8 Å². The van der Waals surface area contributed by atoms with Gasteiger partial charge < -0.3 is 5.73 Å². The van der Waals surface area contributed by atoms with Gasteiger partial charge in [0.2, 0.25) is 0 Å². The number of Topliss-reactive ketones (excluding diaryl/α,β-unsaturated/α-hetero) is 1. The summed E-state index contributed by atoms with van der Waals surface area (Å²) in [5.41, 5.74) is 4.24. The molecule has 0 amide bonds. The Morgan fingerprint density at radius 3 is 2.33 bits per heavy atom. The van der Waals surface area contributed by atoms with Crippen LogP contribution in [0.15, 0.2) is 12.1 Å². The predicted molar refractivity (Wildman–Crippen MR) is 58.6 cm³/mol. The number of benzene rings is 1. The first-order valence-electron chi connectivity index (χ1n) is 3.90. The largest absolute Gasteiger partial charge is 0.418 e. The van der Waals surface area contributed by atoms with Crippen molar-refractivity contribution in [1.29, 1.82) is 0 Å². The minimum absolute atomic E-state index is 0.0645. The average Bonchev–Trinajstić information content (AvgIpc) is 1.99. The summed E-state index contributed by atoms with van der Waals surface area (Å²) in [5.74, 6) is -0.646. The van der Waals surface area contributed by atoms with Crippen molar-refractivity contribution in [2.24, 2.45) is 0 Å². The predicted octanol–water partition coefficient (Wildman–Crippen LogP) is 3.09. The quantitative estimate of drug-likeness (QED) is 0.489. The Bertz CT molecular complexity index is 415. The van der Waals surface area contributed by atoms with Gasteiger partial charge in [-0.1, -0.05) is 0 Å². The lowest BCUT2D eigenvalue weighted by Crippen LogP contribution is -2.14. The molecule has 0 saturated heterocycles. The minimum Gasteiger partial charge on any atom is -0.399 e. The maximum Gasteiger partial charge on any atom is 0.418 e. The Morgan fingerprint density at radius 1 is 1.40 bits per heavy atom. The lowest BCUT2D eigenvalue weighted by atomic mass is 10.0. The number of alkyl halides is 3. The molecule has 0 spiro atoms. The molecule has 15 heavy (non-hydrogen) atoms. The molecule has 0 aliphatic carbocycles. The molecular weight excluding hydrogens is 322 g/mol. The van der Waals surface area contributed by atoms with Crippen molar-refractivity contribution < 1.29 is 18.0 Å². The van der Waals surface area contributed by atoms with Crippen LogP contribution < -0.4 is 5.73 Å². The number of hydrogen-bond donors (Lipinski definition) is 1. The number of carbonyl (C=O) groups excluding carboxylic acids is 1. The second-order valence-electron chi connectivity index (χ2n) is 2.98. The summed E-state index contributed by atoms with van der Waals surface area (Å²) < 4.78 is 37.7. The van der Waals surface area contributed by atoms with E-state index in [2.05, 4.69) is 0 Å². The first kappa shape index (κ1) is 12.3. The molecule has 0 unspecified atom stereocenters. The molecular formula is C9H7F3INO. The summed E-state index contributed by atoms with van der Waals surface area (Å²) >= 11 is 1.52. The zero-order valence-corrected chi connectivity index (χ0v) is 9.81. The first-order valence-corrected chi connectivity index (χ1v) is 4.98. The molecule has 0 bridgehead atoms. The molecule has 6 heteroatoms. The smallest absolute Gasteiger partial charge is 0.399 e. The van der Waals surface area contributed by atoms with Gasteiger partial charge in [-0.25, -0.2) is 0 Å². The average molecular weight is 329 g/mol. The second-order valence-corrected chi connectivity index (χ2v) is 4.14.